The van der Waals surface area contributed by atoms with E-state index in [4.69, 9.17) is 12.2 Å². The number of benzene rings is 1. The highest BCUT2D eigenvalue weighted by Crippen LogP contribution is 2.13. The molecule has 0 saturated carbocycles. The van der Waals surface area contributed by atoms with Crippen LogP contribution in [0.5, 0.6) is 0 Å². The van der Waals surface area contributed by atoms with Gasteiger partial charge in [-0.3, -0.25) is 4.68 Å². The van der Waals surface area contributed by atoms with E-state index in [2.05, 4.69) is 26.8 Å². The first-order valence-corrected chi connectivity index (χ1v) is 6.40. The molecule has 0 spiro atoms. The fourth-order valence-corrected chi connectivity index (χ4v) is 2.45. The van der Waals surface area contributed by atoms with Crippen LogP contribution in [-0.2, 0) is 13.1 Å². The van der Waals surface area contributed by atoms with Gasteiger partial charge in [0, 0.05) is 25.5 Å². The SMILES string of the molecule is S=c1[nH]c2ccccc2n1CCCn1cccn1. The largest absolute Gasteiger partial charge is 0.331 e. The van der Waals surface area contributed by atoms with Gasteiger partial charge in [-0.25, -0.2) is 0 Å². The van der Waals surface area contributed by atoms with Crippen LogP contribution in [0.25, 0.3) is 11.0 Å². The summed E-state index contributed by atoms with van der Waals surface area (Å²) in [6, 6.07) is 10.1. The van der Waals surface area contributed by atoms with E-state index in [1.54, 1.807) is 6.20 Å². The van der Waals surface area contributed by atoms with Crippen molar-refractivity contribution < 1.29 is 0 Å². The maximum atomic E-state index is 5.35. The number of hydrogen-bond acceptors (Lipinski definition) is 2. The zero-order chi connectivity index (χ0) is 12.4. The van der Waals surface area contributed by atoms with Gasteiger partial charge >= 0.3 is 0 Å². The fourth-order valence-electron chi connectivity index (χ4n) is 2.15. The van der Waals surface area contributed by atoms with E-state index in [-0.39, 0.29) is 0 Å². The van der Waals surface area contributed by atoms with Crippen LogP contribution in [0.3, 0.4) is 0 Å². The van der Waals surface area contributed by atoms with Crippen molar-refractivity contribution in [3.05, 3.63) is 47.5 Å². The Balaban J connectivity index is 1.78. The van der Waals surface area contributed by atoms with Crippen molar-refractivity contribution in [2.24, 2.45) is 0 Å². The number of aryl methyl sites for hydroxylation is 2. The van der Waals surface area contributed by atoms with E-state index < -0.39 is 0 Å². The summed E-state index contributed by atoms with van der Waals surface area (Å²) in [6.07, 6.45) is 4.80. The molecule has 0 aliphatic rings. The number of hydrogen-bond donors (Lipinski definition) is 1. The normalized spacial score (nSPS) is 11.1. The van der Waals surface area contributed by atoms with Crippen molar-refractivity contribution in [3.63, 3.8) is 0 Å². The van der Waals surface area contributed by atoms with Gasteiger partial charge in [0.2, 0.25) is 0 Å². The second-order valence-corrected chi connectivity index (χ2v) is 4.61. The van der Waals surface area contributed by atoms with Gasteiger partial charge in [-0.1, -0.05) is 12.1 Å². The van der Waals surface area contributed by atoms with Crippen molar-refractivity contribution in [3.8, 4) is 0 Å². The van der Waals surface area contributed by atoms with Crippen LogP contribution >= 0.6 is 12.2 Å². The highest BCUT2D eigenvalue weighted by molar-refractivity contribution is 7.71. The molecule has 92 valence electrons. The van der Waals surface area contributed by atoms with Gasteiger partial charge in [-0.05, 0) is 36.8 Å². The van der Waals surface area contributed by atoms with Gasteiger partial charge in [-0.2, -0.15) is 5.10 Å². The van der Waals surface area contributed by atoms with Gasteiger partial charge in [0.15, 0.2) is 4.77 Å². The summed E-state index contributed by atoms with van der Waals surface area (Å²) >= 11 is 5.35. The highest BCUT2D eigenvalue weighted by atomic mass is 32.1. The molecule has 0 aliphatic heterocycles. The van der Waals surface area contributed by atoms with Crippen LogP contribution in [0.4, 0.5) is 0 Å². The van der Waals surface area contributed by atoms with E-state index in [9.17, 15) is 0 Å². The van der Waals surface area contributed by atoms with E-state index in [1.807, 2.05) is 29.1 Å². The highest BCUT2D eigenvalue weighted by Gasteiger charge is 2.02. The smallest absolute Gasteiger partial charge is 0.178 e. The molecule has 0 atom stereocenters. The van der Waals surface area contributed by atoms with Gasteiger partial charge in [-0.15, -0.1) is 0 Å². The first-order chi connectivity index (χ1) is 8.84. The second-order valence-electron chi connectivity index (χ2n) is 4.22. The molecule has 3 aromatic rings. The summed E-state index contributed by atoms with van der Waals surface area (Å²) in [5.41, 5.74) is 2.27. The molecular formula is C13H14N4S. The standard InChI is InChI=1S/C13H14N4S/c18-13-15-11-5-1-2-6-12(11)17(13)10-4-9-16-8-3-7-14-16/h1-3,5-8H,4,9-10H2,(H,15,18). The lowest BCUT2D eigenvalue weighted by atomic mass is 10.3. The number of imidazole rings is 1. The number of rotatable bonds is 4. The summed E-state index contributed by atoms with van der Waals surface area (Å²) in [7, 11) is 0. The summed E-state index contributed by atoms with van der Waals surface area (Å²) < 4.78 is 4.88. The predicted octanol–water partition coefficient (Wildman–Crippen LogP) is 2.99. The quantitative estimate of drug-likeness (QED) is 0.731. The second kappa shape index (κ2) is 4.78. The number of nitrogens with one attached hydrogen (secondary N) is 1. The van der Waals surface area contributed by atoms with Crippen molar-refractivity contribution in [1.82, 2.24) is 19.3 Å². The number of H-pyrrole nitrogens is 1. The molecule has 1 N–H and O–H groups in total. The van der Waals surface area contributed by atoms with E-state index >= 15 is 0 Å². The molecule has 0 fully saturated rings. The Morgan fingerprint density at radius 2 is 2.06 bits per heavy atom. The third kappa shape index (κ3) is 2.09. The maximum Gasteiger partial charge on any atom is 0.178 e. The van der Waals surface area contributed by atoms with Gasteiger partial charge < -0.3 is 9.55 Å². The molecule has 0 saturated heterocycles. The molecule has 0 aliphatic carbocycles. The van der Waals surface area contributed by atoms with Crippen LogP contribution < -0.4 is 0 Å². The zero-order valence-electron chi connectivity index (χ0n) is 9.91. The molecule has 0 unspecified atom stereocenters. The molecule has 0 bridgehead atoms. The first-order valence-electron chi connectivity index (χ1n) is 5.99. The Morgan fingerprint density at radius 1 is 1.17 bits per heavy atom. The van der Waals surface area contributed by atoms with Crippen molar-refractivity contribution >= 4 is 23.3 Å². The molecule has 2 aromatic heterocycles. The maximum absolute atomic E-state index is 5.35. The molecule has 4 nitrogen and oxygen atoms in total. The van der Waals surface area contributed by atoms with Crippen LogP contribution in [0, 0.1) is 4.77 Å². The van der Waals surface area contributed by atoms with E-state index in [1.165, 1.54) is 5.52 Å². The van der Waals surface area contributed by atoms with Gasteiger partial charge in [0.05, 0.1) is 11.0 Å². The molecule has 0 amide bonds. The van der Waals surface area contributed by atoms with Crippen molar-refractivity contribution in [2.75, 3.05) is 0 Å². The molecule has 0 radical (unpaired) electrons. The lowest BCUT2D eigenvalue weighted by Crippen LogP contribution is -2.04. The van der Waals surface area contributed by atoms with E-state index in [0.717, 1.165) is 29.8 Å². The summed E-state index contributed by atoms with van der Waals surface area (Å²) in [6.45, 7) is 1.82. The molecule has 18 heavy (non-hydrogen) atoms. The monoisotopic (exact) mass is 258 g/mol. The van der Waals surface area contributed by atoms with Crippen molar-refractivity contribution in [2.45, 2.75) is 19.5 Å². The van der Waals surface area contributed by atoms with Crippen LogP contribution in [-0.4, -0.2) is 19.3 Å². The van der Waals surface area contributed by atoms with Crippen LogP contribution in [0.15, 0.2) is 42.7 Å². The third-order valence-corrected chi connectivity index (χ3v) is 3.33. The minimum atomic E-state index is 0.789. The number of aromatic nitrogens is 4. The number of para-hydroxylation sites is 2. The molecule has 2 heterocycles. The van der Waals surface area contributed by atoms with Gasteiger partial charge in [0.1, 0.15) is 0 Å². The molecule has 5 heteroatoms. The Bertz CT molecular complexity index is 693. The Hall–Kier alpha value is -1.88. The number of nitrogens with zero attached hydrogens (tertiary/aromatic N) is 3. The predicted molar refractivity (Wildman–Crippen MR) is 74.0 cm³/mol. The summed E-state index contributed by atoms with van der Waals surface area (Å²) in [5.74, 6) is 0. The fraction of sp³-hybridized carbons (Fsp3) is 0.231. The first kappa shape index (κ1) is 11.2. The third-order valence-electron chi connectivity index (χ3n) is 3.01. The Labute approximate surface area is 110 Å². The lowest BCUT2D eigenvalue weighted by Gasteiger charge is -2.04. The average Bonchev–Trinajstić information content (AvgIpc) is 2.98. The number of aromatic amines is 1. The van der Waals surface area contributed by atoms with E-state index in [0.29, 0.717) is 0 Å². The topological polar surface area (TPSA) is 38.5 Å². The summed E-state index contributed by atoms with van der Waals surface area (Å²) in [4.78, 5) is 3.23. The Kier molecular flexibility index (Phi) is 2.98. The minimum absolute atomic E-state index is 0.789. The molecule has 1 aromatic carbocycles. The lowest BCUT2D eigenvalue weighted by molar-refractivity contribution is 0.530. The van der Waals surface area contributed by atoms with Crippen LogP contribution in [0.2, 0.25) is 0 Å². The average molecular weight is 258 g/mol. The zero-order valence-corrected chi connectivity index (χ0v) is 10.7. The molecule has 3 rings (SSSR count). The van der Waals surface area contributed by atoms with Crippen molar-refractivity contribution in [1.29, 1.82) is 0 Å². The summed E-state index contributed by atoms with van der Waals surface area (Å²) in [5, 5.41) is 4.19. The Morgan fingerprint density at radius 3 is 2.89 bits per heavy atom. The molecular weight excluding hydrogens is 244 g/mol. The number of fused-ring (bicyclic) bond motifs is 1. The minimum Gasteiger partial charge on any atom is -0.331 e. The van der Waals surface area contributed by atoms with Gasteiger partial charge in [0.25, 0.3) is 0 Å². The van der Waals surface area contributed by atoms with Crippen LogP contribution in [0.1, 0.15) is 6.42 Å².